The van der Waals surface area contributed by atoms with E-state index in [2.05, 4.69) is 18.7 Å². The van der Waals surface area contributed by atoms with Crippen LogP contribution in [-0.2, 0) is 4.74 Å². The molecular formula is C13H28N2O2. The van der Waals surface area contributed by atoms with Crippen LogP contribution >= 0.6 is 0 Å². The molecule has 1 heterocycles. The molecule has 3 unspecified atom stereocenters. The van der Waals surface area contributed by atoms with Crippen LogP contribution in [0.1, 0.15) is 34.6 Å². The normalized spacial score (nSPS) is 33.0. The van der Waals surface area contributed by atoms with E-state index in [1.54, 1.807) is 6.92 Å². The third-order valence-corrected chi connectivity index (χ3v) is 3.74. The van der Waals surface area contributed by atoms with Crippen LogP contribution in [-0.4, -0.2) is 53.5 Å². The zero-order chi connectivity index (χ0) is 13.4. The van der Waals surface area contributed by atoms with Crippen LogP contribution < -0.4 is 5.73 Å². The topological polar surface area (TPSA) is 58.7 Å². The molecule has 0 bridgehead atoms. The van der Waals surface area contributed by atoms with Gasteiger partial charge in [0.25, 0.3) is 0 Å². The van der Waals surface area contributed by atoms with Crippen molar-refractivity contribution < 1.29 is 9.84 Å². The highest BCUT2D eigenvalue weighted by atomic mass is 16.5. The van der Waals surface area contributed by atoms with Gasteiger partial charge in [-0.25, -0.2) is 0 Å². The van der Waals surface area contributed by atoms with Crippen molar-refractivity contribution in [3.8, 4) is 0 Å². The molecular weight excluding hydrogens is 216 g/mol. The minimum atomic E-state index is -0.310. The zero-order valence-electron chi connectivity index (χ0n) is 12.0. The van der Waals surface area contributed by atoms with Crippen LogP contribution in [0.4, 0.5) is 0 Å². The van der Waals surface area contributed by atoms with E-state index in [4.69, 9.17) is 10.5 Å². The van der Waals surface area contributed by atoms with Crippen molar-refractivity contribution in [3.63, 3.8) is 0 Å². The first-order valence-electron chi connectivity index (χ1n) is 6.38. The van der Waals surface area contributed by atoms with Crippen molar-refractivity contribution in [3.05, 3.63) is 0 Å². The fourth-order valence-electron chi connectivity index (χ4n) is 2.93. The number of aliphatic hydroxyl groups excluding tert-OH is 1. The molecule has 102 valence electrons. The van der Waals surface area contributed by atoms with Crippen molar-refractivity contribution in [2.24, 2.45) is 11.7 Å². The van der Waals surface area contributed by atoms with E-state index < -0.39 is 0 Å². The molecule has 1 saturated heterocycles. The van der Waals surface area contributed by atoms with Crippen LogP contribution in [0, 0.1) is 5.92 Å². The molecule has 17 heavy (non-hydrogen) atoms. The maximum Gasteiger partial charge on any atom is 0.0788 e. The standard InChI is InChI=1S/C13H28N2O2/c1-9(16)7-15(6)8-10-11(14)13(4,5)17-12(10,2)3/h9-11,16H,7-8,14H2,1-6H3. The molecule has 3 N–H and O–H groups in total. The molecule has 4 heteroatoms. The maximum atomic E-state index is 9.39. The van der Waals surface area contributed by atoms with E-state index in [0.717, 1.165) is 6.54 Å². The summed E-state index contributed by atoms with van der Waals surface area (Å²) in [5, 5.41) is 9.39. The predicted octanol–water partition coefficient (Wildman–Crippen LogP) is 0.830. The van der Waals surface area contributed by atoms with Gasteiger partial charge in [0.2, 0.25) is 0 Å². The number of rotatable bonds is 4. The Morgan fingerprint density at radius 1 is 1.29 bits per heavy atom. The Morgan fingerprint density at radius 3 is 2.18 bits per heavy atom. The van der Waals surface area contributed by atoms with Gasteiger partial charge in [0, 0.05) is 25.0 Å². The van der Waals surface area contributed by atoms with Crippen LogP contribution in [0.15, 0.2) is 0 Å². The van der Waals surface area contributed by atoms with Gasteiger partial charge in [0.15, 0.2) is 0 Å². The Kier molecular flexibility index (Phi) is 4.24. The second-order valence-electron chi connectivity index (χ2n) is 6.51. The lowest BCUT2D eigenvalue weighted by Gasteiger charge is -2.31. The SMILES string of the molecule is CC(O)CN(C)CC1C(N)C(C)(C)OC1(C)C. The second kappa shape index (κ2) is 4.84. The minimum absolute atomic E-state index is 0.0222. The van der Waals surface area contributed by atoms with Crippen molar-refractivity contribution in [1.82, 2.24) is 4.90 Å². The van der Waals surface area contributed by atoms with E-state index >= 15 is 0 Å². The monoisotopic (exact) mass is 244 g/mol. The molecule has 1 aliphatic rings. The molecule has 0 amide bonds. The highest BCUT2D eigenvalue weighted by molar-refractivity contribution is 5.04. The van der Waals surface area contributed by atoms with Gasteiger partial charge < -0.3 is 20.5 Å². The molecule has 1 rings (SSSR count). The summed E-state index contributed by atoms with van der Waals surface area (Å²) < 4.78 is 6.05. The highest BCUT2D eigenvalue weighted by Gasteiger charge is 2.52. The summed E-state index contributed by atoms with van der Waals surface area (Å²) in [6.45, 7) is 11.6. The minimum Gasteiger partial charge on any atom is -0.392 e. The summed E-state index contributed by atoms with van der Waals surface area (Å²) in [6, 6.07) is 0.0222. The van der Waals surface area contributed by atoms with Gasteiger partial charge in [-0.05, 0) is 41.7 Å². The number of aliphatic hydroxyl groups is 1. The molecule has 0 saturated carbocycles. The predicted molar refractivity (Wildman–Crippen MR) is 69.9 cm³/mol. The highest BCUT2D eigenvalue weighted by Crippen LogP contribution is 2.41. The molecule has 1 aliphatic heterocycles. The molecule has 0 aliphatic carbocycles. The Balaban J connectivity index is 2.69. The first-order valence-corrected chi connectivity index (χ1v) is 6.38. The Hall–Kier alpha value is -0.160. The lowest BCUT2D eigenvalue weighted by Crippen LogP contribution is -2.48. The zero-order valence-corrected chi connectivity index (χ0v) is 12.0. The average molecular weight is 244 g/mol. The Morgan fingerprint density at radius 2 is 1.82 bits per heavy atom. The average Bonchev–Trinajstić information content (AvgIpc) is 2.22. The van der Waals surface area contributed by atoms with Crippen LogP contribution in [0.3, 0.4) is 0 Å². The van der Waals surface area contributed by atoms with Gasteiger partial charge in [-0.3, -0.25) is 0 Å². The van der Waals surface area contributed by atoms with Crippen LogP contribution in [0.5, 0.6) is 0 Å². The first-order chi connectivity index (χ1) is 7.56. The molecule has 0 aromatic carbocycles. The van der Waals surface area contributed by atoms with Gasteiger partial charge in [-0.1, -0.05) is 0 Å². The van der Waals surface area contributed by atoms with Gasteiger partial charge in [-0.2, -0.15) is 0 Å². The molecule has 0 radical (unpaired) electrons. The van der Waals surface area contributed by atoms with E-state index in [1.165, 1.54) is 0 Å². The molecule has 4 nitrogen and oxygen atoms in total. The molecule has 0 aromatic heterocycles. The molecule has 0 aromatic rings. The number of hydrogen-bond donors (Lipinski definition) is 2. The second-order valence-corrected chi connectivity index (χ2v) is 6.51. The lowest BCUT2D eigenvalue weighted by atomic mass is 9.83. The lowest BCUT2D eigenvalue weighted by molar-refractivity contribution is -0.0784. The maximum absolute atomic E-state index is 9.39. The number of ether oxygens (including phenoxy) is 1. The van der Waals surface area contributed by atoms with Crippen molar-refractivity contribution in [2.45, 2.75) is 58.0 Å². The smallest absolute Gasteiger partial charge is 0.0788 e. The third kappa shape index (κ3) is 3.41. The summed E-state index contributed by atoms with van der Waals surface area (Å²) in [5.74, 6) is 0.279. The number of nitrogens with two attached hydrogens (primary N) is 1. The summed E-state index contributed by atoms with van der Waals surface area (Å²) in [5.41, 5.74) is 5.81. The Labute approximate surface area is 105 Å². The van der Waals surface area contributed by atoms with Gasteiger partial charge >= 0.3 is 0 Å². The van der Waals surface area contributed by atoms with Gasteiger partial charge in [0.1, 0.15) is 0 Å². The molecule has 3 atom stereocenters. The van der Waals surface area contributed by atoms with Crippen LogP contribution in [0.25, 0.3) is 0 Å². The fourth-order valence-corrected chi connectivity index (χ4v) is 2.93. The van der Waals surface area contributed by atoms with E-state index in [-0.39, 0.29) is 29.3 Å². The van der Waals surface area contributed by atoms with Crippen molar-refractivity contribution in [1.29, 1.82) is 0 Å². The van der Waals surface area contributed by atoms with E-state index in [1.807, 2.05) is 20.9 Å². The van der Waals surface area contributed by atoms with Crippen molar-refractivity contribution >= 4 is 0 Å². The largest absolute Gasteiger partial charge is 0.392 e. The van der Waals surface area contributed by atoms with E-state index in [9.17, 15) is 5.11 Å². The summed E-state index contributed by atoms with van der Waals surface area (Å²) in [7, 11) is 2.01. The van der Waals surface area contributed by atoms with Crippen LogP contribution in [0.2, 0.25) is 0 Å². The molecule has 1 fully saturated rings. The number of likely N-dealkylation sites (N-methyl/N-ethyl adjacent to an activating group) is 1. The summed E-state index contributed by atoms with van der Waals surface area (Å²) >= 11 is 0. The third-order valence-electron chi connectivity index (χ3n) is 3.74. The molecule has 0 spiro atoms. The Bertz CT molecular complexity index is 264. The first kappa shape index (κ1) is 14.9. The number of hydrogen-bond acceptors (Lipinski definition) is 4. The van der Waals surface area contributed by atoms with Gasteiger partial charge in [-0.15, -0.1) is 0 Å². The summed E-state index contributed by atoms with van der Waals surface area (Å²) in [6.07, 6.45) is -0.310. The number of nitrogens with zero attached hydrogens (tertiary/aromatic N) is 1. The fraction of sp³-hybridized carbons (Fsp3) is 1.00. The van der Waals surface area contributed by atoms with E-state index in [0.29, 0.717) is 6.54 Å². The van der Waals surface area contributed by atoms with Gasteiger partial charge in [0.05, 0.1) is 17.3 Å². The summed E-state index contributed by atoms with van der Waals surface area (Å²) in [4.78, 5) is 2.13. The quantitative estimate of drug-likeness (QED) is 0.769. The van der Waals surface area contributed by atoms with Crippen molar-refractivity contribution in [2.75, 3.05) is 20.1 Å².